The number of nitrogens with one attached hydrogen (secondary N) is 1. The van der Waals surface area contributed by atoms with Crippen LogP contribution in [0.15, 0.2) is 43.5 Å². The van der Waals surface area contributed by atoms with Gasteiger partial charge in [-0.05, 0) is 87.8 Å². The average molecular weight is 727 g/mol. The Morgan fingerprint density at radius 2 is 1.77 bits per heavy atom. The standard InChI is InChI=1S/C39H52F2N4O7/c1-11-13-14-24-25-17-22(25)18-28(24)51-36(48)44-32(37(4,5)6)34(46)45-20-29(21(3)30(45)35(47)52-38(7,8)9)50-33-31(39(40,41)12-2)42-26-16-15-23(49-10)19-27(26)43-33/h11-12,15-16,19,21-22,24-25,28-30,32H,1-2,13-14,17-18,20H2,3-10H3,(H,44,48)/t21-,22+,24-,25+,28-,29+,30+,32-/m1/s1. The molecule has 1 aromatic carbocycles. The van der Waals surface area contributed by atoms with Crippen molar-refractivity contribution in [3.8, 4) is 11.6 Å². The van der Waals surface area contributed by atoms with E-state index in [1.54, 1.807) is 54.5 Å². The van der Waals surface area contributed by atoms with Crippen LogP contribution in [0.2, 0.25) is 0 Å². The number of hydrogen-bond donors (Lipinski definition) is 1. The van der Waals surface area contributed by atoms with E-state index in [0.29, 0.717) is 23.7 Å². The van der Waals surface area contributed by atoms with Crippen molar-refractivity contribution in [2.45, 2.75) is 110 Å². The fourth-order valence-electron chi connectivity index (χ4n) is 7.49. The number of hydrogen-bond acceptors (Lipinski definition) is 9. The van der Waals surface area contributed by atoms with Gasteiger partial charge in [-0.25, -0.2) is 19.6 Å². The van der Waals surface area contributed by atoms with E-state index in [2.05, 4.69) is 28.4 Å². The lowest BCUT2D eigenvalue weighted by atomic mass is 9.85. The summed E-state index contributed by atoms with van der Waals surface area (Å²) in [7, 11) is 1.46. The quantitative estimate of drug-likeness (QED) is 0.182. The topological polar surface area (TPSA) is 129 Å². The second-order valence-corrected chi connectivity index (χ2v) is 16.4. The molecule has 2 aliphatic carbocycles. The number of alkyl halides is 2. The van der Waals surface area contributed by atoms with Gasteiger partial charge in [-0.1, -0.05) is 40.3 Å². The largest absolute Gasteiger partial charge is 0.497 e. The van der Waals surface area contributed by atoms with Crippen LogP contribution in [0.1, 0.15) is 79.8 Å². The third kappa shape index (κ3) is 8.33. The molecule has 0 spiro atoms. The molecule has 13 heteroatoms. The lowest BCUT2D eigenvalue weighted by molar-refractivity contribution is -0.165. The molecule has 2 saturated carbocycles. The molecule has 2 amide bonds. The summed E-state index contributed by atoms with van der Waals surface area (Å²) in [6.07, 6.45) is 3.98. The number of fused-ring (bicyclic) bond motifs is 2. The Balaban J connectivity index is 1.45. The molecule has 5 rings (SSSR count). The molecule has 2 aromatic rings. The van der Waals surface area contributed by atoms with Crippen LogP contribution in [-0.4, -0.2) is 76.4 Å². The SMILES string of the molecule is C=CCC[C@@H]1[C@H]2C[C@H]2C[C@H]1OC(=O)N[C@H](C(=O)N1C[C@H](Oc2nc3cc(OC)ccc3nc2C(F)(F)C=C)[C@@H](C)[C@H]1C(=O)OC(C)(C)C)C(C)(C)C. The number of nitrogens with zero attached hydrogens (tertiary/aromatic N) is 3. The molecule has 1 aromatic heterocycles. The fraction of sp³-hybridized carbons (Fsp3) is 0.615. The number of benzene rings is 1. The van der Waals surface area contributed by atoms with Crippen molar-refractivity contribution in [1.29, 1.82) is 0 Å². The van der Waals surface area contributed by atoms with E-state index in [-0.39, 0.29) is 29.6 Å². The summed E-state index contributed by atoms with van der Waals surface area (Å²) in [4.78, 5) is 51.7. The molecule has 3 aliphatic rings. The highest BCUT2D eigenvalue weighted by Gasteiger charge is 2.55. The minimum Gasteiger partial charge on any atom is -0.497 e. The number of esters is 1. The minimum absolute atomic E-state index is 0.181. The summed E-state index contributed by atoms with van der Waals surface area (Å²) >= 11 is 0. The molecule has 284 valence electrons. The van der Waals surface area contributed by atoms with Gasteiger partial charge in [0, 0.05) is 12.0 Å². The van der Waals surface area contributed by atoms with Gasteiger partial charge >= 0.3 is 18.0 Å². The number of rotatable bonds is 12. The zero-order valence-electron chi connectivity index (χ0n) is 31.4. The Morgan fingerprint density at radius 3 is 2.38 bits per heavy atom. The number of ether oxygens (including phenoxy) is 4. The maximum Gasteiger partial charge on any atom is 0.408 e. The summed E-state index contributed by atoms with van der Waals surface area (Å²) in [5.74, 6) is -4.36. The first kappa shape index (κ1) is 38.9. The van der Waals surface area contributed by atoms with Crippen molar-refractivity contribution < 1.29 is 42.1 Å². The van der Waals surface area contributed by atoms with Gasteiger partial charge in [0.1, 0.15) is 35.6 Å². The van der Waals surface area contributed by atoms with E-state index in [1.807, 2.05) is 6.08 Å². The monoisotopic (exact) mass is 726 g/mol. The molecule has 2 heterocycles. The predicted molar refractivity (Wildman–Crippen MR) is 191 cm³/mol. The minimum atomic E-state index is -3.62. The van der Waals surface area contributed by atoms with Crippen LogP contribution < -0.4 is 14.8 Å². The highest BCUT2D eigenvalue weighted by atomic mass is 19.3. The number of methoxy groups -OCH3 is 1. The molecule has 3 fully saturated rings. The summed E-state index contributed by atoms with van der Waals surface area (Å²) in [6, 6.07) is 2.33. The number of carbonyl (C=O) groups is 3. The molecule has 1 saturated heterocycles. The number of allylic oxidation sites excluding steroid dienone is 2. The first-order valence-corrected chi connectivity index (χ1v) is 17.9. The Hall–Kier alpha value is -4.29. The summed E-state index contributed by atoms with van der Waals surface area (Å²) in [5.41, 5.74) is -2.07. The van der Waals surface area contributed by atoms with Crippen LogP contribution in [0.25, 0.3) is 11.0 Å². The van der Waals surface area contributed by atoms with Gasteiger partial charge in [0.05, 0.1) is 24.7 Å². The second-order valence-electron chi connectivity index (χ2n) is 16.4. The van der Waals surface area contributed by atoms with Crippen LogP contribution in [0.3, 0.4) is 0 Å². The molecule has 1 aliphatic heterocycles. The van der Waals surface area contributed by atoms with Gasteiger partial charge < -0.3 is 29.2 Å². The smallest absolute Gasteiger partial charge is 0.408 e. The van der Waals surface area contributed by atoms with Gasteiger partial charge in [0.25, 0.3) is 0 Å². The predicted octanol–water partition coefficient (Wildman–Crippen LogP) is 6.98. The number of likely N-dealkylation sites (tertiary alicyclic amines) is 1. The van der Waals surface area contributed by atoms with Crippen molar-refractivity contribution in [2.24, 2.45) is 29.1 Å². The zero-order valence-corrected chi connectivity index (χ0v) is 31.4. The first-order chi connectivity index (χ1) is 24.3. The molecule has 11 nitrogen and oxygen atoms in total. The van der Waals surface area contributed by atoms with Crippen LogP contribution in [0, 0.1) is 29.1 Å². The third-order valence-corrected chi connectivity index (χ3v) is 10.3. The van der Waals surface area contributed by atoms with Crippen molar-refractivity contribution in [1.82, 2.24) is 20.2 Å². The maximum atomic E-state index is 15.3. The van der Waals surface area contributed by atoms with Gasteiger partial charge in [0.15, 0.2) is 5.69 Å². The van der Waals surface area contributed by atoms with Crippen LogP contribution in [-0.2, 0) is 25.0 Å². The molecule has 0 bridgehead atoms. The highest BCUT2D eigenvalue weighted by Crippen LogP contribution is 2.57. The lowest BCUT2D eigenvalue weighted by Gasteiger charge is -2.36. The van der Waals surface area contributed by atoms with E-state index >= 15 is 8.78 Å². The molecule has 0 unspecified atom stereocenters. The molecule has 1 N–H and O–H groups in total. The first-order valence-electron chi connectivity index (χ1n) is 17.9. The Kier molecular flexibility index (Phi) is 10.9. The summed E-state index contributed by atoms with van der Waals surface area (Å²) < 4.78 is 53.8. The average Bonchev–Trinajstić information content (AvgIpc) is 3.63. The molecular formula is C39H52F2N4O7. The number of halogens is 2. The second kappa shape index (κ2) is 14.6. The number of amides is 2. The summed E-state index contributed by atoms with van der Waals surface area (Å²) in [6.45, 7) is 19.1. The number of alkyl carbamates (subject to hydrolysis) is 1. The molecule has 52 heavy (non-hydrogen) atoms. The van der Waals surface area contributed by atoms with Gasteiger partial charge in [-0.3, -0.25) is 4.79 Å². The van der Waals surface area contributed by atoms with Gasteiger partial charge in [0.2, 0.25) is 11.8 Å². The Labute approximate surface area is 304 Å². The number of carbonyl (C=O) groups excluding carboxylic acids is 3. The van der Waals surface area contributed by atoms with Crippen LogP contribution in [0.5, 0.6) is 11.6 Å². The van der Waals surface area contributed by atoms with Gasteiger partial charge in [-0.2, -0.15) is 8.78 Å². The third-order valence-electron chi connectivity index (χ3n) is 10.3. The van der Waals surface area contributed by atoms with Crippen molar-refractivity contribution in [3.63, 3.8) is 0 Å². The van der Waals surface area contributed by atoms with Crippen molar-refractivity contribution in [2.75, 3.05) is 13.7 Å². The molecule has 8 atom stereocenters. The highest BCUT2D eigenvalue weighted by molar-refractivity contribution is 5.91. The lowest BCUT2D eigenvalue weighted by Crippen LogP contribution is -2.58. The fourth-order valence-corrected chi connectivity index (χ4v) is 7.49. The van der Waals surface area contributed by atoms with Gasteiger partial charge in [-0.15, -0.1) is 6.58 Å². The normalized spacial score (nSPS) is 26.3. The molecular weight excluding hydrogens is 674 g/mol. The Morgan fingerprint density at radius 1 is 1.06 bits per heavy atom. The van der Waals surface area contributed by atoms with Crippen molar-refractivity contribution >= 4 is 29.0 Å². The van der Waals surface area contributed by atoms with Crippen LogP contribution in [0.4, 0.5) is 13.6 Å². The van der Waals surface area contributed by atoms with E-state index in [1.165, 1.54) is 24.1 Å². The molecule has 0 radical (unpaired) electrons. The van der Waals surface area contributed by atoms with E-state index in [0.717, 1.165) is 25.7 Å². The van der Waals surface area contributed by atoms with E-state index in [9.17, 15) is 14.4 Å². The van der Waals surface area contributed by atoms with Crippen molar-refractivity contribution in [3.05, 3.63) is 49.2 Å². The van der Waals surface area contributed by atoms with E-state index in [4.69, 9.17) is 18.9 Å². The zero-order chi connectivity index (χ0) is 38.3. The maximum absolute atomic E-state index is 15.3. The Bertz CT molecular complexity index is 1700. The summed E-state index contributed by atoms with van der Waals surface area (Å²) in [5, 5.41) is 2.81. The van der Waals surface area contributed by atoms with Crippen LogP contribution >= 0.6 is 0 Å². The van der Waals surface area contributed by atoms with E-state index < -0.39 is 70.6 Å². The number of aromatic nitrogens is 2.